The summed E-state index contributed by atoms with van der Waals surface area (Å²) in [5, 5.41) is 0. The van der Waals surface area contributed by atoms with E-state index in [1.807, 2.05) is 0 Å². The molecule has 0 amide bonds. The lowest BCUT2D eigenvalue weighted by molar-refractivity contribution is -0.127. The average molecular weight is 166 g/mol. The molecular formula is C11H18O. The molecule has 0 spiro atoms. The Balaban J connectivity index is 2.26. The van der Waals surface area contributed by atoms with Crippen LogP contribution in [0, 0.1) is 17.3 Å². The fourth-order valence-corrected chi connectivity index (χ4v) is 3.55. The van der Waals surface area contributed by atoms with Crippen LogP contribution in [0.4, 0.5) is 0 Å². The third-order valence-corrected chi connectivity index (χ3v) is 4.06. The minimum absolute atomic E-state index is 0.138. The van der Waals surface area contributed by atoms with Crippen LogP contribution in [0.25, 0.3) is 0 Å². The summed E-state index contributed by atoms with van der Waals surface area (Å²) in [6, 6.07) is 0. The van der Waals surface area contributed by atoms with Crippen molar-refractivity contribution < 1.29 is 4.79 Å². The highest BCUT2D eigenvalue weighted by Crippen LogP contribution is 2.56. The highest BCUT2D eigenvalue weighted by molar-refractivity contribution is 5.83. The van der Waals surface area contributed by atoms with Gasteiger partial charge in [-0.2, -0.15) is 0 Å². The lowest BCUT2D eigenvalue weighted by Crippen LogP contribution is -2.28. The van der Waals surface area contributed by atoms with Gasteiger partial charge in [0, 0.05) is 5.41 Å². The van der Waals surface area contributed by atoms with Gasteiger partial charge in [0.25, 0.3) is 0 Å². The molecule has 12 heavy (non-hydrogen) atoms. The van der Waals surface area contributed by atoms with Crippen LogP contribution in [0.3, 0.4) is 0 Å². The summed E-state index contributed by atoms with van der Waals surface area (Å²) in [4.78, 5) is 11.6. The number of carbonyl (C=O) groups is 1. The van der Waals surface area contributed by atoms with Gasteiger partial charge in [0.05, 0.1) is 0 Å². The van der Waals surface area contributed by atoms with Gasteiger partial charge in [-0.05, 0) is 44.4 Å². The Kier molecular flexibility index (Phi) is 1.78. The average Bonchev–Trinajstić information content (AvgIpc) is 2.42. The zero-order valence-electron chi connectivity index (χ0n) is 8.10. The van der Waals surface area contributed by atoms with Crippen molar-refractivity contribution >= 4 is 5.78 Å². The smallest absolute Gasteiger partial charge is 0.136 e. The number of ketones is 1. The van der Waals surface area contributed by atoms with E-state index in [2.05, 4.69) is 6.92 Å². The first-order valence-corrected chi connectivity index (χ1v) is 5.16. The van der Waals surface area contributed by atoms with Crippen molar-refractivity contribution in [2.45, 2.75) is 46.0 Å². The number of carbonyl (C=O) groups excluding carboxylic acids is 1. The zero-order valence-corrected chi connectivity index (χ0v) is 8.10. The van der Waals surface area contributed by atoms with Crippen molar-refractivity contribution in [3.05, 3.63) is 0 Å². The van der Waals surface area contributed by atoms with Gasteiger partial charge in [0.2, 0.25) is 0 Å². The molecule has 0 saturated heterocycles. The Morgan fingerprint density at radius 1 is 1.50 bits per heavy atom. The van der Waals surface area contributed by atoms with Crippen molar-refractivity contribution in [1.82, 2.24) is 0 Å². The lowest BCUT2D eigenvalue weighted by atomic mass is 9.77. The molecule has 0 aromatic rings. The maximum Gasteiger partial charge on any atom is 0.136 e. The monoisotopic (exact) mass is 166 g/mol. The van der Waals surface area contributed by atoms with Gasteiger partial charge in [-0.15, -0.1) is 0 Å². The standard InChI is InChI=1S/C11H18O/c1-8-6-10-4-3-5-11(10,7-8)9(2)12/h8,10H,3-7H2,1-2H3. The Hall–Kier alpha value is -0.330. The molecule has 3 unspecified atom stereocenters. The van der Waals surface area contributed by atoms with E-state index in [9.17, 15) is 4.79 Å². The number of rotatable bonds is 1. The van der Waals surface area contributed by atoms with Gasteiger partial charge >= 0.3 is 0 Å². The van der Waals surface area contributed by atoms with E-state index in [0.29, 0.717) is 5.78 Å². The second kappa shape index (κ2) is 2.58. The minimum atomic E-state index is 0.138. The van der Waals surface area contributed by atoms with Gasteiger partial charge < -0.3 is 0 Å². The highest BCUT2D eigenvalue weighted by Gasteiger charge is 2.51. The molecule has 0 radical (unpaired) electrons. The summed E-state index contributed by atoms with van der Waals surface area (Å²) in [5.74, 6) is 2.00. The molecule has 0 aromatic carbocycles. The Labute approximate surface area is 74.5 Å². The van der Waals surface area contributed by atoms with Gasteiger partial charge in [0.15, 0.2) is 0 Å². The Morgan fingerprint density at radius 3 is 2.83 bits per heavy atom. The van der Waals surface area contributed by atoms with Gasteiger partial charge in [-0.1, -0.05) is 13.3 Å². The Bertz CT molecular complexity index is 209. The quantitative estimate of drug-likeness (QED) is 0.585. The Morgan fingerprint density at radius 2 is 2.25 bits per heavy atom. The molecule has 2 rings (SSSR count). The lowest BCUT2D eigenvalue weighted by Gasteiger charge is -2.25. The summed E-state index contributed by atoms with van der Waals surface area (Å²) in [5.41, 5.74) is 0.138. The second-order valence-corrected chi connectivity index (χ2v) is 4.85. The first kappa shape index (κ1) is 8.28. The number of hydrogen-bond acceptors (Lipinski definition) is 1. The summed E-state index contributed by atoms with van der Waals surface area (Å²) < 4.78 is 0. The van der Waals surface area contributed by atoms with E-state index >= 15 is 0 Å². The summed E-state index contributed by atoms with van der Waals surface area (Å²) >= 11 is 0. The number of hydrogen-bond donors (Lipinski definition) is 0. The molecule has 0 N–H and O–H groups in total. The highest BCUT2D eigenvalue weighted by atomic mass is 16.1. The third-order valence-electron chi connectivity index (χ3n) is 4.06. The van der Waals surface area contributed by atoms with Gasteiger partial charge in [0.1, 0.15) is 5.78 Å². The van der Waals surface area contributed by atoms with E-state index in [4.69, 9.17) is 0 Å². The van der Waals surface area contributed by atoms with Gasteiger partial charge in [-0.3, -0.25) is 4.79 Å². The molecule has 0 aromatic heterocycles. The van der Waals surface area contributed by atoms with Crippen LogP contribution >= 0.6 is 0 Å². The van der Waals surface area contributed by atoms with E-state index in [1.165, 1.54) is 32.1 Å². The normalized spacial score (nSPS) is 46.2. The summed E-state index contributed by atoms with van der Waals surface area (Å²) in [6.45, 7) is 4.10. The van der Waals surface area contributed by atoms with Crippen molar-refractivity contribution in [3.63, 3.8) is 0 Å². The predicted octanol–water partition coefficient (Wildman–Crippen LogP) is 2.79. The largest absolute Gasteiger partial charge is 0.299 e. The molecule has 1 nitrogen and oxygen atoms in total. The molecular weight excluding hydrogens is 148 g/mol. The molecule has 0 heterocycles. The molecule has 3 atom stereocenters. The van der Waals surface area contributed by atoms with Crippen LogP contribution in [0.1, 0.15) is 46.0 Å². The maximum absolute atomic E-state index is 11.6. The van der Waals surface area contributed by atoms with Crippen molar-refractivity contribution in [1.29, 1.82) is 0 Å². The summed E-state index contributed by atoms with van der Waals surface area (Å²) in [6.07, 6.45) is 6.25. The third kappa shape index (κ3) is 0.949. The molecule has 1 heteroatoms. The molecule has 0 aliphatic heterocycles. The molecule has 2 saturated carbocycles. The summed E-state index contributed by atoms with van der Waals surface area (Å²) in [7, 11) is 0. The van der Waals surface area contributed by atoms with Crippen molar-refractivity contribution in [3.8, 4) is 0 Å². The van der Waals surface area contributed by atoms with Crippen LogP contribution in [-0.4, -0.2) is 5.78 Å². The maximum atomic E-state index is 11.6. The fraction of sp³-hybridized carbons (Fsp3) is 0.909. The van der Waals surface area contributed by atoms with Crippen LogP contribution in [0.15, 0.2) is 0 Å². The van der Waals surface area contributed by atoms with Crippen LogP contribution < -0.4 is 0 Å². The van der Waals surface area contributed by atoms with Crippen molar-refractivity contribution in [2.24, 2.45) is 17.3 Å². The molecule has 2 aliphatic carbocycles. The van der Waals surface area contributed by atoms with Crippen LogP contribution in [0.2, 0.25) is 0 Å². The number of fused-ring (bicyclic) bond motifs is 1. The zero-order chi connectivity index (χ0) is 8.77. The predicted molar refractivity (Wildman–Crippen MR) is 48.9 cm³/mol. The van der Waals surface area contributed by atoms with Crippen LogP contribution in [0.5, 0.6) is 0 Å². The molecule has 68 valence electrons. The van der Waals surface area contributed by atoms with E-state index in [1.54, 1.807) is 6.92 Å². The van der Waals surface area contributed by atoms with E-state index in [0.717, 1.165) is 11.8 Å². The number of Topliss-reactive ketones (excluding diaryl/α,β-unsaturated/α-hetero) is 1. The second-order valence-electron chi connectivity index (χ2n) is 4.85. The molecule has 2 aliphatic rings. The van der Waals surface area contributed by atoms with Gasteiger partial charge in [-0.25, -0.2) is 0 Å². The van der Waals surface area contributed by atoms with E-state index < -0.39 is 0 Å². The minimum Gasteiger partial charge on any atom is -0.299 e. The van der Waals surface area contributed by atoms with Crippen molar-refractivity contribution in [2.75, 3.05) is 0 Å². The first-order chi connectivity index (χ1) is 5.65. The van der Waals surface area contributed by atoms with Crippen LogP contribution in [-0.2, 0) is 4.79 Å². The SMILES string of the molecule is CC(=O)C12CCCC1CC(C)C2. The topological polar surface area (TPSA) is 17.1 Å². The molecule has 2 fully saturated rings. The fourth-order valence-electron chi connectivity index (χ4n) is 3.55. The molecule has 0 bridgehead atoms. The van der Waals surface area contributed by atoms with E-state index in [-0.39, 0.29) is 5.41 Å². The first-order valence-electron chi connectivity index (χ1n) is 5.16.